The van der Waals surface area contributed by atoms with E-state index in [4.69, 9.17) is 0 Å². The topological polar surface area (TPSA) is 73.7 Å². The minimum atomic E-state index is -0.225. The van der Waals surface area contributed by atoms with Crippen LogP contribution in [0.4, 0.5) is 5.69 Å². The van der Waals surface area contributed by atoms with Gasteiger partial charge >= 0.3 is 0 Å². The van der Waals surface area contributed by atoms with E-state index in [0.29, 0.717) is 5.71 Å². The molecule has 0 spiro atoms. The highest BCUT2D eigenvalue weighted by Gasteiger charge is 2.02. The smallest absolute Gasteiger partial charge is 0.259 e. The molecule has 2 rings (SSSR count). The lowest BCUT2D eigenvalue weighted by Crippen LogP contribution is -2.26. The number of phenolic OH excluding ortho intramolecular Hbond substituents is 1. The Labute approximate surface area is 142 Å². The predicted octanol–water partition coefficient (Wildman–Crippen LogP) is 2.95. The van der Waals surface area contributed by atoms with Gasteiger partial charge < -0.3 is 10.4 Å². The van der Waals surface area contributed by atoms with E-state index in [0.717, 1.165) is 14.8 Å². The quantitative estimate of drug-likeness (QED) is 0.404. The molecule has 0 aromatic heterocycles. The summed E-state index contributed by atoms with van der Waals surface area (Å²) in [6.45, 7) is 1.94. The van der Waals surface area contributed by atoms with Crippen LogP contribution in [0, 0.1) is 3.57 Å². The lowest BCUT2D eigenvalue weighted by molar-refractivity contribution is -0.119. The summed E-state index contributed by atoms with van der Waals surface area (Å²) in [6.07, 6.45) is 0. The van der Waals surface area contributed by atoms with Crippen molar-refractivity contribution in [1.29, 1.82) is 0 Å². The standard InChI is InChI=1S/C16H16IN3O2/c1-11(12-2-8-15(21)9-3-12)19-20-16(22)10-18-14-6-4-13(17)5-7-14/h2-9,18,21H,10H2,1H3,(H,20,22)/b19-11-. The molecule has 0 saturated heterocycles. The number of carbonyl (C=O) groups is 1. The summed E-state index contributed by atoms with van der Waals surface area (Å²) >= 11 is 2.23. The Morgan fingerprint density at radius 2 is 1.77 bits per heavy atom. The monoisotopic (exact) mass is 409 g/mol. The van der Waals surface area contributed by atoms with Crippen LogP contribution in [0.5, 0.6) is 5.75 Å². The number of carbonyl (C=O) groups excluding carboxylic acids is 1. The third-order valence-corrected chi connectivity index (χ3v) is 3.65. The Kier molecular flexibility index (Phi) is 5.76. The molecule has 2 aromatic rings. The highest BCUT2D eigenvalue weighted by atomic mass is 127. The molecule has 5 nitrogen and oxygen atoms in total. The van der Waals surface area contributed by atoms with Crippen LogP contribution in [0.2, 0.25) is 0 Å². The molecule has 0 aliphatic heterocycles. The van der Waals surface area contributed by atoms with Crippen LogP contribution in [0.1, 0.15) is 12.5 Å². The van der Waals surface area contributed by atoms with E-state index < -0.39 is 0 Å². The zero-order valence-corrected chi connectivity index (χ0v) is 14.2. The Balaban J connectivity index is 1.85. The van der Waals surface area contributed by atoms with Gasteiger partial charge in [0.05, 0.1) is 12.3 Å². The first kappa shape index (κ1) is 16.3. The highest BCUT2D eigenvalue weighted by Crippen LogP contribution is 2.11. The van der Waals surface area contributed by atoms with Crippen molar-refractivity contribution in [2.45, 2.75) is 6.92 Å². The second-order valence-corrected chi connectivity index (χ2v) is 5.89. The summed E-state index contributed by atoms with van der Waals surface area (Å²) in [5.41, 5.74) is 4.89. The molecule has 0 bridgehead atoms. The maximum atomic E-state index is 11.8. The molecule has 0 unspecified atom stereocenters. The summed E-state index contributed by atoms with van der Waals surface area (Å²) in [4.78, 5) is 11.8. The van der Waals surface area contributed by atoms with Crippen molar-refractivity contribution in [1.82, 2.24) is 5.43 Å². The van der Waals surface area contributed by atoms with Gasteiger partial charge in [0, 0.05) is 9.26 Å². The van der Waals surface area contributed by atoms with Crippen molar-refractivity contribution in [2.24, 2.45) is 5.10 Å². The molecule has 0 heterocycles. The first-order valence-electron chi connectivity index (χ1n) is 6.66. The van der Waals surface area contributed by atoms with E-state index in [1.165, 1.54) is 0 Å². The molecule has 0 aliphatic carbocycles. The number of nitrogens with one attached hydrogen (secondary N) is 2. The molecule has 0 atom stereocenters. The minimum Gasteiger partial charge on any atom is -0.508 e. The zero-order chi connectivity index (χ0) is 15.9. The highest BCUT2D eigenvalue weighted by molar-refractivity contribution is 14.1. The Morgan fingerprint density at radius 3 is 2.41 bits per heavy atom. The lowest BCUT2D eigenvalue weighted by atomic mass is 10.1. The number of anilines is 1. The number of hydrazone groups is 1. The van der Waals surface area contributed by atoms with Crippen molar-refractivity contribution in [2.75, 3.05) is 11.9 Å². The van der Waals surface area contributed by atoms with Gasteiger partial charge in [0.15, 0.2) is 0 Å². The molecule has 3 N–H and O–H groups in total. The second-order valence-electron chi connectivity index (χ2n) is 4.64. The average Bonchev–Trinajstić information content (AvgIpc) is 2.52. The van der Waals surface area contributed by atoms with Gasteiger partial charge in [-0.1, -0.05) is 0 Å². The van der Waals surface area contributed by atoms with Crippen LogP contribution in [0.25, 0.3) is 0 Å². The van der Waals surface area contributed by atoms with Crippen LogP contribution >= 0.6 is 22.6 Å². The summed E-state index contributed by atoms with van der Waals surface area (Å²) in [5, 5.41) is 16.3. The molecule has 0 fully saturated rings. The number of benzene rings is 2. The normalized spacial score (nSPS) is 11.1. The number of aromatic hydroxyl groups is 1. The van der Waals surface area contributed by atoms with Gasteiger partial charge in [0.1, 0.15) is 5.75 Å². The van der Waals surface area contributed by atoms with E-state index in [9.17, 15) is 9.90 Å². The molecular weight excluding hydrogens is 393 g/mol. The van der Waals surface area contributed by atoms with E-state index in [-0.39, 0.29) is 18.2 Å². The van der Waals surface area contributed by atoms with Crippen LogP contribution in [-0.4, -0.2) is 23.3 Å². The first-order chi connectivity index (χ1) is 10.5. The van der Waals surface area contributed by atoms with Gasteiger partial charge in [-0.3, -0.25) is 4.79 Å². The van der Waals surface area contributed by atoms with Crippen molar-refractivity contribution >= 4 is 39.9 Å². The second kappa shape index (κ2) is 7.79. The van der Waals surface area contributed by atoms with Crippen LogP contribution in [0.3, 0.4) is 0 Å². The number of amides is 1. The minimum absolute atomic E-state index is 0.146. The summed E-state index contributed by atoms with van der Waals surface area (Å²) in [7, 11) is 0. The molecule has 0 radical (unpaired) electrons. The third-order valence-electron chi connectivity index (χ3n) is 2.93. The summed E-state index contributed by atoms with van der Waals surface area (Å²) in [6, 6.07) is 14.4. The van der Waals surface area contributed by atoms with E-state index in [2.05, 4.69) is 38.4 Å². The molecule has 114 valence electrons. The fourth-order valence-corrected chi connectivity index (χ4v) is 2.06. The number of rotatable bonds is 5. The number of hydrogen-bond acceptors (Lipinski definition) is 4. The molecule has 22 heavy (non-hydrogen) atoms. The predicted molar refractivity (Wildman–Crippen MR) is 96.1 cm³/mol. The molecular formula is C16H16IN3O2. The molecule has 0 saturated carbocycles. The number of halogens is 1. The fraction of sp³-hybridized carbons (Fsp3) is 0.125. The Bertz CT molecular complexity index is 667. The van der Waals surface area contributed by atoms with E-state index in [1.54, 1.807) is 31.2 Å². The van der Waals surface area contributed by atoms with Gasteiger partial charge in [-0.25, -0.2) is 5.43 Å². The summed E-state index contributed by atoms with van der Waals surface area (Å²) < 4.78 is 1.14. The van der Waals surface area contributed by atoms with Gasteiger partial charge in [-0.15, -0.1) is 0 Å². The molecule has 2 aromatic carbocycles. The van der Waals surface area contributed by atoms with Crippen molar-refractivity contribution < 1.29 is 9.90 Å². The van der Waals surface area contributed by atoms with E-state index in [1.807, 2.05) is 24.3 Å². The molecule has 0 aliphatic rings. The third kappa shape index (κ3) is 5.03. The molecule has 1 amide bonds. The Morgan fingerprint density at radius 1 is 1.14 bits per heavy atom. The van der Waals surface area contributed by atoms with Crippen molar-refractivity contribution in [3.8, 4) is 5.75 Å². The SMILES string of the molecule is C/C(=N/NC(=O)CNc1ccc(I)cc1)c1ccc(O)cc1. The van der Waals surface area contributed by atoms with Crippen molar-refractivity contribution in [3.05, 3.63) is 57.7 Å². The van der Waals surface area contributed by atoms with Gasteiger partial charge in [-0.05, 0) is 83.6 Å². The number of hydrogen-bond donors (Lipinski definition) is 3. The zero-order valence-electron chi connectivity index (χ0n) is 12.0. The number of phenols is 1. The maximum Gasteiger partial charge on any atom is 0.259 e. The molecule has 6 heteroatoms. The van der Waals surface area contributed by atoms with Crippen LogP contribution in [0.15, 0.2) is 53.6 Å². The largest absolute Gasteiger partial charge is 0.508 e. The lowest BCUT2D eigenvalue weighted by Gasteiger charge is -2.06. The number of nitrogens with zero attached hydrogens (tertiary/aromatic N) is 1. The Hall–Kier alpha value is -2.09. The van der Waals surface area contributed by atoms with E-state index >= 15 is 0 Å². The first-order valence-corrected chi connectivity index (χ1v) is 7.74. The van der Waals surface area contributed by atoms with Crippen LogP contribution < -0.4 is 10.7 Å². The van der Waals surface area contributed by atoms with Gasteiger partial charge in [0.2, 0.25) is 0 Å². The van der Waals surface area contributed by atoms with Crippen molar-refractivity contribution in [3.63, 3.8) is 0 Å². The van der Waals surface area contributed by atoms with Crippen LogP contribution in [-0.2, 0) is 4.79 Å². The average molecular weight is 409 g/mol. The fourth-order valence-electron chi connectivity index (χ4n) is 1.70. The maximum absolute atomic E-state index is 11.8. The van der Waals surface area contributed by atoms with Gasteiger partial charge in [0.25, 0.3) is 5.91 Å². The van der Waals surface area contributed by atoms with Gasteiger partial charge in [-0.2, -0.15) is 5.10 Å². The summed E-state index contributed by atoms with van der Waals surface area (Å²) in [5.74, 6) is -0.0287.